The average molecular weight is 286 g/mol. The molecule has 102 valence electrons. The number of rotatable bonds is 5. The highest BCUT2D eigenvalue weighted by Crippen LogP contribution is 2.10. The molecule has 1 rings (SSSR count). The Balaban J connectivity index is 2.49. The maximum absolute atomic E-state index is 4.47. The Morgan fingerprint density at radius 3 is 2.89 bits per heavy atom. The fourth-order valence-electron chi connectivity index (χ4n) is 1.50. The first-order valence-electron chi connectivity index (χ1n) is 5.92. The molecule has 0 aliphatic carbocycles. The zero-order valence-corrected chi connectivity index (χ0v) is 13.4. The third-order valence-corrected chi connectivity index (χ3v) is 4.38. The largest absolute Gasteiger partial charge is 0.355 e. The zero-order chi connectivity index (χ0) is 13.5. The van der Waals surface area contributed by atoms with Gasteiger partial charge >= 0.3 is 0 Å². The summed E-state index contributed by atoms with van der Waals surface area (Å²) in [5.74, 6) is 0.918. The number of hydrogen-bond donors (Lipinski definition) is 1. The van der Waals surface area contributed by atoms with Crippen molar-refractivity contribution >= 4 is 29.1 Å². The van der Waals surface area contributed by atoms with Crippen LogP contribution in [0.15, 0.2) is 10.4 Å². The molecule has 0 aliphatic rings. The fourth-order valence-corrected chi connectivity index (χ4v) is 2.36. The third kappa shape index (κ3) is 4.86. The number of nitrogens with one attached hydrogen (secondary N) is 1. The Labute approximate surface area is 118 Å². The molecule has 1 unspecified atom stereocenters. The highest BCUT2D eigenvalue weighted by molar-refractivity contribution is 7.99. The van der Waals surface area contributed by atoms with E-state index in [0.717, 1.165) is 29.8 Å². The van der Waals surface area contributed by atoms with Gasteiger partial charge in [-0.15, -0.1) is 11.3 Å². The molecule has 18 heavy (non-hydrogen) atoms. The molecule has 0 spiro atoms. The van der Waals surface area contributed by atoms with E-state index in [4.69, 9.17) is 0 Å². The van der Waals surface area contributed by atoms with E-state index in [1.165, 1.54) is 0 Å². The molecule has 0 amide bonds. The molecule has 1 atom stereocenters. The van der Waals surface area contributed by atoms with Crippen LogP contribution in [-0.4, -0.2) is 48.0 Å². The number of nitrogens with zero attached hydrogens (tertiary/aromatic N) is 3. The smallest absolute Gasteiger partial charge is 0.193 e. The van der Waals surface area contributed by atoms with Crippen LogP contribution in [0.1, 0.15) is 17.6 Å². The van der Waals surface area contributed by atoms with E-state index in [1.54, 1.807) is 11.3 Å². The van der Waals surface area contributed by atoms with Gasteiger partial charge in [0.15, 0.2) is 5.96 Å². The quantitative estimate of drug-likeness (QED) is 0.665. The highest BCUT2D eigenvalue weighted by Gasteiger charge is 2.09. The highest BCUT2D eigenvalue weighted by atomic mass is 32.2. The summed E-state index contributed by atoms with van der Waals surface area (Å²) in [4.78, 5) is 10.9. The molecule has 0 aliphatic heterocycles. The van der Waals surface area contributed by atoms with E-state index >= 15 is 0 Å². The standard InChI is InChI=1S/C12H22N4S2/c1-9(17-5)6-14-12(13-3)16(4)7-11-8-18-10(2)15-11/h8-9H,6-7H2,1-5H3,(H,13,14). The molecule has 0 bridgehead atoms. The van der Waals surface area contributed by atoms with Gasteiger partial charge in [0.25, 0.3) is 0 Å². The molecule has 1 aromatic rings. The molecule has 0 saturated carbocycles. The summed E-state index contributed by atoms with van der Waals surface area (Å²) < 4.78 is 0. The van der Waals surface area contributed by atoms with Crippen LogP contribution in [0.25, 0.3) is 0 Å². The maximum Gasteiger partial charge on any atom is 0.193 e. The first-order chi connectivity index (χ1) is 8.56. The molecule has 6 heteroatoms. The van der Waals surface area contributed by atoms with Gasteiger partial charge in [0.05, 0.1) is 17.2 Å². The molecule has 0 radical (unpaired) electrons. The Morgan fingerprint density at radius 2 is 2.39 bits per heavy atom. The predicted molar refractivity (Wildman–Crippen MR) is 82.7 cm³/mol. The van der Waals surface area contributed by atoms with Gasteiger partial charge in [-0.05, 0) is 13.2 Å². The minimum Gasteiger partial charge on any atom is -0.355 e. The van der Waals surface area contributed by atoms with Gasteiger partial charge < -0.3 is 10.2 Å². The average Bonchev–Trinajstić information content (AvgIpc) is 2.75. The number of hydrogen-bond acceptors (Lipinski definition) is 4. The van der Waals surface area contributed by atoms with Crippen LogP contribution in [-0.2, 0) is 6.54 Å². The first-order valence-corrected chi connectivity index (χ1v) is 8.09. The van der Waals surface area contributed by atoms with E-state index < -0.39 is 0 Å². The molecular formula is C12H22N4S2. The van der Waals surface area contributed by atoms with Crippen molar-refractivity contribution in [3.63, 3.8) is 0 Å². The number of thioether (sulfide) groups is 1. The summed E-state index contributed by atoms with van der Waals surface area (Å²) >= 11 is 3.54. The van der Waals surface area contributed by atoms with Gasteiger partial charge in [-0.1, -0.05) is 6.92 Å². The minimum atomic E-state index is 0.580. The second-order valence-electron chi connectivity index (χ2n) is 4.19. The van der Waals surface area contributed by atoms with Gasteiger partial charge in [0.1, 0.15) is 0 Å². The molecule has 0 saturated heterocycles. The van der Waals surface area contributed by atoms with Crippen LogP contribution in [0.5, 0.6) is 0 Å². The number of aliphatic imine (C=N–C) groups is 1. The van der Waals surface area contributed by atoms with Gasteiger partial charge in [0, 0.05) is 31.3 Å². The van der Waals surface area contributed by atoms with Crippen molar-refractivity contribution in [2.45, 2.75) is 25.6 Å². The number of thiazole rings is 1. The van der Waals surface area contributed by atoms with E-state index in [1.807, 2.05) is 32.8 Å². The van der Waals surface area contributed by atoms with E-state index in [9.17, 15) is 0 Å². The Hall–Kier alpha value is -0.750. The Morgan fingerprint density at radius 1 is 1.67 bits per heavy atom. The monoisotopic (exact) mass is 286 g/mol. The second kappa shape index (κ2) is 7.63. The van der Waals surface area contributed by atoms with Crippen molar-refractivity contribution in [2.24, 2.45) is 4.99 Å². The van der Waals surface area contributed by atoms with E-state index in [2.05, 4.69) is 38.8 Å². The van der Waals surface area contributed by atoms with Crippen molar-refractivity contribution in [1.29, 1.82) is 0 Å². The van der Waals surface area contributed by atoms with Gasteiger partial charge in [-0.25, -0.2) is 4.98 Å². The molecular weight excluding hydrogens is 264 g/mol. The topological polar surface area (TPSA) is 40.5 Å². The Bertz CT molecular complexity index is 389. The molecule has 1 heterocycles. The van der Waals surface area contributed by atoms with Gasteiger partial charge in [-0.3, -0.25) is 4.99 Å². The summed E-state index contributed by atoms with van der Waals surface area (Å²) in [6.45, 7) is 5.95. The number of guanidine groups is 1. The summed E-state index contributed by atoms with van der Waals surface area (Å²) in [5, 5.41) is 7.17. The molecule has 0 aromatic carbocycles. The summed E-state index contributed by atoms with van der Waals surface area (Å²) in [6, 6.07) is 0. The van der Waals surface area contributed by atoms with Crippen LogP contribution < -0.4 is 5.32 Å². The minimum absolute atomic E-state index is 0.580. The normalized spacial score (nSPS) is 13.5. The van der Waals surface area contributed by atoms with Crippen LogP contribution in [0.3, 0.4) is 0 Å². The van der Waals surface area contributed by atoms with Crippen molar-refractivity contribution in [3.05, 3.63) is 16.1 Å². The van der Waals surface area contributed by atoms with Crippen molar-refractivity contribution < 1.29 is 0 Å². The Kier molecular flexibility index (Phi) is 6.49. The first kappa shape index (κ1) is 15.3. The lowest BCUT2D eigenvalue weighted by molar-refractivity contribution is 0.471. The van der Waals surface area contributed by atoms with Crippen molar-refractivity contribution in [2.75, 3.05) is 26.9 Å². The summed E-state index contributed by atoms with van der Waals surface area (Å²) in [6.07, 6.45) is 2.12. The maximum atomic E-state index is 4.47. The molecule has 1 aromatic heterocycles. The van der Waals surface area contributed by atoms with Crippen LogP contribution in [0, 0.1) is 6.92 Å². The van der Waals surface area contributed by atoms with Crippen LogP contribution in [0.2, 0.25) is 0 Å². The van der Waals surface area contributed by atoms with Gasteiger partial charge in [-0.2, -0.15) is 11.8 Å². The third-order valence-electron chi connectivity index (χ3n) is 2.59. The molecule has 1 N–H and O–H groups in total. The lowest BCUT2D eigenvalue weighted by atomic mass is 10.4. The van der Waals surface area contributed by atoms with Crippen LogP contribution >= 0.6 is 23.1 Å². The predicted octanol–water partition coefficient (Wildman–Crippen LogP) is 2.21. The van der Waals surface area contributed by atoms with E-state index in [-0.39, 0.29) is 0 Å². The SMILES string of the molecule is CN=C(NCC(C)SC)N(C)Cc1csc(C)n1. The number of aryl methyl sites for hydroxylation is 1. The van der Waals surface area contributed by atoms with Gasteiger partial charge in [0.2, 0.25) is 0 Å². The van der Waals surface area contributed by atoms with Crippen molar-refractivity contribution in [3.8, 4) is 0 Å². The summed E-state index contributed by atoms with van der Waals surface area (Å²) in [5.41, 5.74) is 1.10. The fraction of sp³-hybridized carbons (Fsp3) is 0.667. The zero-order valence-electron chi connectivity index (χ0n) is 11.7. The lowest BCUT2D eigenvalue weighted by Gasteiger charge is -2.22. The lowest BCUT2D eigenvalue weighted by Crippen LogP contribution is -2.40. The molecule has 4 nitrogen and oxygen atoms in total. The second-order valence-corrected chi connectivity index (χ2v) is 6.53. The molecule has 0 fully saturated rings. The van der Waals surface area contributed by atoms with Crippen LogP contribution in [0.4, 0.5) is 0 Å². The van der Waals surface area contributed by atoms with E-state index in [0.29, 0.717) is 5.25 Å². The summed E-state index contributed by atoms with van der Waals surface area (Å²) in [7, 11) is 3.85. The van der Waals surface area contributed by atoms with Crippen molar-refractivity contribution in [1.82, 2.24) is 15.2 Å². The number of aromatic nitrogens is 1.